The number of aromatic amines is 1. The molecule has 0 aliphatic rings. The van der Waals surface area contributed by atoms with Gasteiger partial charge >= 0.3 is 0 Å². The van der Waals surface area contributed by atoms with Gasteiger partial charge in [-0.25, -0.2) is 0 Å². The van der Waals surface area contributed by atoms with Crippen LogP contribution in [0.3, 0.4) is 0 Å². The van der Waals surface area contributed by atoms with E-state index in [0.717, 1.165) is 48.2 Å². The highest BCUT2D eigenvalue weighted by Crippen LogP contribution is 2.26. The molecule has 1 aromatic heterocycles. The zero-order valence-electron chi connectivity index (χ0n) is 12.0. The Morgan fingerprint density at radius 1 is 1.26 bits per heavy atom. The summed E-state index contributed by atoms with van der Waals surface area (Å²) in [5.74, 6) is 1.80. The number of ether oxygens (including phenoxy) is 1. The Morgan fingerprint density at radius 3 is 2.63 bits per heavy atom. The molecule has 0 saturated carbocycles. The summed E-state index contributed by atoms with van der Waals surface area (Å²) < 4.78 is 6.08. The maximum atomic E-state index is 6.08. The first-order chi connectivity index (χ1) is 9.28. The van der Waals surface area contributed by atoms with Crippen molar-refractivity contribution in [3.8, 4) is 5.75 Å². The summed E-state index contributed by atoms with van der Waals surface area (Å²) in [6, 6.07) is 6.10. The normalized spacial score (nSPS) is 11.2. The molecule has 0 bridgehead atoms. The smallest absolute Gasteiger partial charge is 0.155 e. The SMILES string of the molecule is CCCC(CCC)Oc1ccc2c(NC)n[nH]c2c1. The monoisotopic (exact) mass is 261 g/mol. The van der Waals surface area contributed by atoms with Gasteiger partial charge in [-0.15, -0.1) is 0 Å². The van der Waals surface area contributed by atoms with E-state index in [0.29, 0.717) is 6.10 Å². The van der Waals surface area contributed by atoms with Crippen molar-refractivity contribution in [2.45, 2.75) is 45.6 Å². The molecule has 104 valence electrons. The zero-order valence-corrected chi connectivity index (χ0v) is 12.0. The summed E-state index contributed by atoms with van der Waals surface area (Å²) >= 11 is 0. The second kappa shape index (κ2) is 6.45. The lowest BCUT2D eigenvalue weighted by molar-refractivity contribution is 0.179. The molecule has 0 radical (unpaired) electrons. The summed E-state index contributed by atoms with van der Waals surface area (Å²) in [5.41, 5.74) is 1.01. The molecule has 4 heteroatoms. The molecular formula is C15H23N3O. The van der Waals surface area contributed by atoms with Gasteiger partial charge in [-0.1, -0.05) is 26.7 Å². The van der Waals surface area contributed by atoms with Gasteiger partial charge < -0.3 is 10.1 Å². The lowest BCUT2D eigenvalue weighted by atomic mass is 10.1. The van der Waals surface area contributed by atoms with Gasteiger partial charge in [0.2, 0.25) is 0 Å². The number of nitrogens with one attached hydrogen (secondary N) is 2. The molecule has 4 nitrogen and oxygen atoms in total. The number of aromatic nitrogens is 2. The minimum absolute atomic E-state index is 0.319. The predicted molar refractivity (Wildman–Crippen MR) is 79.9 cm³/mol. The number of nitrogens with zero attached hydrogens (tertiary/aromatic N) is 1. The standard InChI is InChI=1S/C15H23N3O/c1-4-6-11(7-5-2)19-12-8-9-13-14(10-12)17-18-15(13)16-3/h8-11H,4-7H2,1-3H3,(H2,16,17,18). The maximum Gasteiger partial charge on any atom is 0.155 e. The van der Waals surface area contributed by atoms with Crippen molar-refractivity contribution in [2.75, 3.05) is 12.4 Å². The first-order valence-electron chi connectivity index (χ1n) is 7.11. The van der Waals surface area contributed by atoms with Gasteiger partial charge in [-0.3, -0.25) is 5.10 Å². The Balaban J connectivity index is 2.16. The zero-order chi connectivity index (χ0) is 13.7. The van der Waals surface area contributed by atoms with Crippen LogP contribution in [0.15, 0.2) is 18.2 Å². The molecule has 2 aromatic rings. The molecule has 0 fully saturated rings. The van der Waals surface area contributed by atoms with Crippen LogP contribution < -0.4 is 10.1 Å². The molecule has 0 amide bonds. The van der Waals surface area contributed by atoms with E-state index in [-0.39, 0.29) is 0 Å². The molecule has 0 unspecified atom stereocenters. The largest absolute Gasteiger partial charge is 0.490 e. The van der Waals surface area contributed by atoms with Crippen molar-refractivity contribution in [2.24, 2.45) is 0 Å². The topological polar surface area (TPSA) is 49.9 Å². The average molecular weight is 261 g/mol. The third-order valence-corrected chi connectivity index (χ3v) is 3.30. The molecule has 2 rings (SSSR count). The highest BCUT2D eigenvalue weighted by Gasteiger charge is 2.10. The predicted octanol–water partition coefficient (Wildman–Crippen LogP) is 3.95. The lowest BCUT2D eigenvalue weighted by Gasteiger charge is -2.17. The number of hydrogen-bond acceptors (Lipinski definition) is 3. The van der Waals surface area contributed by atoms with E-state index in [4.69, 9.17) is 4.74 Å². The van der Waals surface area contributed by atoms with E-state index in [2.05, 4.69) is 35.4 Å². The maximum absolute atomic E-state index is 6.08. The van der Waals surface area contributed by atoms with Gasteiger partial charge in [0.25, 0.3) is 0 Å². The molecule has 1 aromatic carbocycles. The van der Waals surface area contributed by atoms with Crippen molar-refractivity contribution in [1.29, 1.82) is 0 Å². The van der Waals surface area contributed by atoms with E-state index in [9.17, 15) is 0 Å². The fourth-order valence-electron chi connectivity index (χ4n) is 2.36. The highest BCUT2D eigenvalue weighted by atomic mass is 16.5. The first-order valence-corrected chi connectivity index (χ1v) is 7.11. The van der Waals surface area contributed by atoms with E-state index < -0.39 is 0 Å². The van der Waals surface area contributed by atoms with Crippen molar-refractivity contribution in [3.05, 3.63) is 18.2 Å². The first kappa shape index (κ1) is 13.7. The number of anilines is 1. The van der Waals surface area contributed by atoms with E-state index in [1.807, 2.05) is 19.2 Å². The minimum Gasteiger partial charge on any atom is -0.490 e. The summed E-state index contributed by atoms with van der Waals surface area (Å²) in [4.78, 5) is 0. The van der Waals surface area contributed by atoms with Gasteiger partial charge in [-0.05, 0) is 25.0 Å². The molecule has 1 heterocycles. The van der Waals surface area contributed by atoms with E-state index in [1.54, 1.807) is 0 Å². The Morgan fingerprint density at radius 2 is 2.00 bits per heavy atom. The number of H-pyrrole nitrogens is 1. The van der Waals surface area contributed by atoms with Crippen molar-refractivity contribution in [3.63, 3.8) is 0 Å². The van der Waals surface area contributed by atoms with Gasteiger partial charge in [0, 0.05) is 18.5 Å². The summed E-state index contributed by atoms with van der Waals surface area (Å²) in [6.45, 7) is 4.40. The molecular weight excluding hydrogens is 238 g/mol. The van der Waals surface area contributed by atoms with Crippen LogP contribution in [0.4, 0.5) is 5.82 Å². The van der Waals surface area contributed by atoms with Gasteiger partial charge in [0.1, 0.15) is 5.75 Å². The fraction of sp³-hybridized carbons (Fsp3) is 0.533. The van der Waals surface area contributed by atoms with Crippen LogP contribution in [0, 0.1) is 0 Å². The quantitative estimate of drug-likeness (QED) is 0.793. The van der Waals surface area contributed by atoms with Gasteiger partial charge in [-0.2, -0.15) is 5.10 Å². The lowest BCUT2D eigenvalue weighted by Crippen LogP contribution is -2.15. The third-order valence-electron chi connectivity index (χ3n) is 3.30. The minimum atomic E-state index is 0.319. The Hall–Kier alpha value is -1.71. The number of hydrogen-bond donors (Lipinski definition) is 2. The summed E-state index contributed by atoms with van der Waals surface area (Å²) in [7, 11) is 1.87. The Kier molecular flexibility index (Phi) is 4.66. The van der Waals surface area contributed by atoms with Crippen LogP contribution in [0.5, 0.6) is 5.75 Å². The van der Waals surface area contributed by atoms with Crippen molar-refractivity contribution in [1.82, 2.24) is 10.2 Å². The average Bonchev–Trinajstić information content (AvgIpc) is 2.81. The molecule has 0 aliphatic carbocycles. The van der Waals surface area contributed by atoms with Gasteiger partial charge in [0.05, 0.1) is 11.6 Å². The number of benzene rings is 1. The second-order valence-electron chi connectivity index (χ2n) is 4.85. The van der Waals surface area contributed by atoms with Crippen molar-refractivity contribution < 1.29 is 4.74 Å². The third kappa shape index (κ3) is 3.19. The second-order valence-corrected chi connectivity index (χ2v) is 4.85. The molecule has 0 atom stereocenters. The molecule has 0 spiro atoms. The van der Waals surface area contributed by atoms with Crippen LogP contribution in [0.1, 0.15) is 39.5 Å². The molecule has 19 heavy (non-hydrogen) atoms. The van der Waals surface area contributed by atoms with E-state index >= 15 is 0 Å². The van der Waals surface area contributed by atoms with Crippen LogP contribution in [-0.4, -0.2) is 23.3 Å². The van der Waals surface area contributed by atoms with Gasteiger partial charge in [0.15, 0.2) is 5.82 Å². The van der Waals surface area contributed by atoms with E-state index in [1.165, 1.54) is 0 Å². The van der Waals surface area contributed by atoms with Crippen LogP contribution >= 0.6 is 0 Å². The summed E-state index contributed by atoms with van der Waals surface area (Å²) in [6.07, 6.45) is 4.84. The summed E-state index contributed by atoms with van der Waals surface area (Å²) in [5, 5.41) is 11.4. The Labute approximate surface area is 114 Å². The highest BCUT2D eigenvalue weighted by molar-refractivity contribution is 5.90. The van der Waals surface area contributed by atoms with Crippen LogP contribution in [0.25, 0.3) is 10.9 Å². The van der Waals surface area contributed by atoms with Crippen LogP contribution in [-0.2, 0) is 0 Å². The number of rotatable bonds is 7. The van der Waals surface area contributed by atoms with Crippen LogP contribution in [0.2, 0.25) is 0 Å². The Bertz CT molecular complexity index is 515. The molecule has 2 N–H and O–H groups in total. The molecule has 0 saturated heterocycles. The molecule has 0 aliphatic heterocycles. The van der Waals surface area contributed by atoms with Crippen molar-refractivity contribution >= 4 is 16.7 Å². The fourth-order valence-corrected chi connectivity index (χ4v) is 2.36. The number of fused-ring (bicyclic) bond motifs is 1.